The Morgan fingerprint density at radius 3 is 2.87 bits per heavy atom. The molecule has 1 saturated heterocycles. The molecule has 0 aromatic heterocycles. The number of hydrogen-bond donors (Lipinski definition) is 1. The monoisotopic (exact) mass is 211 g/mol. The third kappa shape index (κ3) is 2.52. The van der Waals surface area contributed by atoms with Crippen molar-refractivity contribution in [2.24, 2.45) is 0 Å². The molecule has 0 aromatic rings. The third-order valence-electron chi connectivity index (χ3n) is 3.31. The zero-order chi connectivity index (χ0) is 10.7. The molecule has 0 amide bonds. The molecule has 15 heavy (non-hydrogen) atoms. The highest BCUT2D eigenvalue weighted by atomic mass is 16.5. The lowest BCUT2D eigenvalue weighted by molar-refractivity contribution is 0.0385. The molecule has 2 aliphatic rings. The van der Waals surface area contributed by atoms with E-state index in [9.17, 15) is 0 Å². The standard InChI is InChI=1S/C12H21NO2/c1-9-5-6-11(15-9)12(13-2)10-4-3-7-14-8-10/h8-9,11-13H,3-7H2,1-2H3. The first-order valence-electron chi connectivity index (χ1n) is 5.94. The van der Waals surface area contributed by atoms with Crippen LogP contribution in [0, 0.1) is 0 Å². The van der Waals surface area contributed by atoms with Crippen LogP contribution in [0.15, 0.2) is 11.8 Å². The number of likely N-dealkylation sites (N-methyl/N-ethyl adjacent to an activating group) is 1. The zero-order valence-electron chi connectivity index (χ0n) is 9.66. The first kappa shape index (κ1) is 11.0. The first-order valence-corrected chi connectivity index (χ1v) is 5.94. The Morgan fingerprint density at radius 1 is 1.47 bits per heavy atom. The van der Waals surface area contributed by atoms with E-state index >= 15 is 0 Å². The normalized spacial score (nSPS) is 33.3. The highest BCUT2D eigenvalue weighted by Crippen LogP contribution is 2.27. The molecule has 0 saturated carbocycles. The van der Waals surface area contributed by atoms with Gasteiger partial charge >= 0.3 is 0 Å². The van der Waals surface area contributed by atoms with Crippen LogP contribution in [-0.4, -0.2) is 31.9 Å². The van der Waals surface area contributed by atoms with Crippen molar-refractivity contribution in [3.05, 3.63) is 11.8 Å². The van der Waals surface area contributed by atoms with Gasteiger partial charge in [-0.25, -0.2) is 0 Å². The van der Waals surface area contributed by atoms with Crippen molar-refractivity contribution in [2.45, 2.75) is 50.9 Å². The largest absolute Gasteiger partial charge is 0.501 e. The molecule has 3 unspecified atom stereocenters. The Kier molecular flexibility index (Phi) is 3.65. The van der Waals surface area contributed by atoms with E-state index in [0.29, 0.717) is 18.2 Å². The van der Waals surface area contributed by atoms with Gasteiger partial charge in [-0.05, 0) is 45.2 Å². The summed E-state index contributed by atoms with van der Waals surface area (Å²) in [5.74, 6) is 0. The van der Waals surface area contributed by atoms with Crippen LogP contribution in [0.1, 0.15) is 32.6 Å². The summed E-state index contributed by atoms with van der Waals surface area (Å²) in [7, 11) is 2.01. The molecule has 0 aliphatic carbocycles. The second-order valence-electron chi connectivity index (χ2n) is 4.50. The van der Waals surface area contributed by atoms with Gasteiger partial charge in [-0.15, -0.1) is 0 Å². The Labute approximate surface area is 91.8 Å². The molecule has 1 N–H and O–H groups in total. The molecule has 3 heteroatoms. The van der Waals surface area contributed by atoms with Crippen LogP contribution in [-0.2, 0) is 9.47 Å². The summed E-state index contributed by atoms with van der Waals surface area (Å²) in [6, 6.07) is 0.343. The molecule has 2 aliphatic heterocycles. The molecular formula is C12H21NO2. The Balaban J connectivity index is 1.99. The van der Waals surface area contributed by atoms with Gasteiger partial charge in [-0.1, -0.05) is 0 Å². The lowest BCUT2D eigenvalue weighted by atomic mass is 9.96. The third-order valence-corrected chi connectivity index (χ3v) is 3.31. The molecule has 2 heterocycles. The second kappa shape index (κ2) is 4.99. The van der Waals surface area contributed by atoms with E-state index in [0.717, 1.165) is 25.9 Å². The minimum atomic E-state index is 0.331. The summed E-state index contributed by atoms with van der Waals surface area (Å²) >= 11 is 0. The summed E-state index contributed by atoms with van der Waals surface area (Å²) in [6.07, 6.45) is 7.28. The van der Waals surface area contributed by atoms with Gasteiger partial charge in [0.05, 0.1) is 31.1 Å². The van der Waals surface area contributed by atoms with Gasteiger partial charge < -0.3 is 14.8 Å². The molecule has 0 spiro atoms. The summed E-state index contributed by atoms with van der Waals surface area (Å²) in [6.45, 7) is 3.01. The fraction of sp³-hybridized carbons (Fsp3) is 0.833. The van der Waals surface area contributed by atoms with Crippen LogP contribution in [0.4, 0.5) is 0 Å². The predicted molar refractivity (Wildman–Crippen MR) is 59.7 cm³/mol. The van der Waals surface area contributed by atoms with Crippen LogP contribution in [0.5, 0.6) is 0 Å². The summed E-state index contributed by atoms with van der Waals surface area (Å²) in [5.41, 5.74) is 1.36. The van der Waals surface area contributed by atoms with Gasteiger partial charge in [0.25, 0.3) is 0 Å². The smallest absolute Gasteiger partial charge is 0.0876 e. The molecule has 0 bridgehead atoms. The molecular weight excluding hydrogens is 190 g/mol. The Hall–Kier alpha value is -0.540. The minimum absolute atomic E-state index is 0.331. The highest BCUT2D eigenvalue weighted by molar-refractivity contribution is 5.13. The zero-order valence-corrected chi connectivity index (χ0v) is 9.66. The van der Waals surface area contributed by atoms with Crippen LogP contribution in [0.2, 0.25) is 0 Å². The van der Waals surface area contributed by atoms with Gasteiger partial charge in [0.1, 0.15) is 0 Å². The molecule has 3 atom stereocenters. The van der Waals surface area contributed by atoms with Crippen molar-refractivity contribution in [3.8, 4) is 0 Å². The van der Waals surface area contributed by atoms with Crippen molar-refractivity contribution < 1.29 is 9.47 Å². The Morgan fingerprint density at radius 2 is 2.33 bits per heavy atom. The highest BCUT2D eigenvalue weighted by Gasteiger charge is 2.31. The number of rotatable bonds is 3. The molecule has 0 aromatic carbocycles. The van der Waals surface area contributed by atoms with E-state index in [1.807, 2.05) is 13.3 Å². The van der Waals surface area contributed by atoms with E-state index in [1.54, 1.807) is 0 Å². The summed E-state index contributed by atoms with van der Waals surface area (Å²) in [4.78, 5) is 0. The van der Waals surface area contributed by atoms with Gasteiger partial charge in [-0.3, -0.25) is 0 Å². The van der Waals surface area contributed by atoms with E-state index in [1.165, 1.54) is 12.0 Å². The van der Waals surface area contributed by atoms with Crippen molar-refractivity contribution in [1.82, 2.24) is 5.32 Å². The maximum Gasteiger partial charge on any atom is 0.0876 e. The van der Waals surface area contributed by atoms with Crippen LogP contribution >= 0.6 is 0 Å². The number of ether oxygens (including phenoxy) is 2. The van der Waals surface area contributed by atoms with Gasteiger partial charge in [0.2, 0.25) is 0 Å². The average molecular weight is 211 g/mol. The maximum atomic E-state index is 5.91. The van der Waals surface area contributed by atoms with Crippen LogP contribution < -0.4 is 5.32 Å². The fourth-order valence-electron chi connectivity index (χ4n) is 2.50. The fourth-order valence-corrected chi connectivity index (χ4v) is 2.50. The predicted octanol–water partition coefficient (Wildman–Crippen LogP) is 1.84. The number of hydrogen-bond acceptors (Lipinski definition) is 3. The van der Waals surface area contributed by atoms with E-state index in [4.69, 9.17) is 9.47 Å². The lowest BCUT2D eigenvalue weighted by Gasteiger charge is -2.27. The minimum Gasteiger partial charge on any atom is -0.501 e. The molecule has 86 valence electrons. The molecule has 3 nitrogen and oxygen atoms in total. The quantitative estimate of drug-likeness (QED) is 0.772. The second-order valence-corrected chi connectivity index (χ2v) is 4.50. The Bertz CT molecular complexity index is 240. The van der Waals surface area contributed by atoms with Gasteiger partial charge in [0.15, 0.2) is 0 Å². The van der Waals surface area contributed by atoms with Crippen LogP contribution in [0.25, 0.3) is 0 Å². The van der Waals surface area contributed by atoms with E-state index < -0.39 is 0 Å². The van der Waals surface area contributed by atoms with Gasteiger partial charge in [0, 0.05) is 0 Å². The topological polar surface area (TPSA) is 30.5 Å². The molecule has 0 radical (unpaired) electrons. The summed E-state index contributed by atoms with van der Waals surface area (Å²) < 4.78 is 11.3. The van der Waals surface area contributed by atoms with E-state index in [-0.39, 0.29) is 0 Å². The average Bonchev–Trinajstić information content (AvgIpc) is 2.68. The van der Waals surface area contributed by atoms with Crippen molar-refractivity contribution in [1.29, 1.82) is 0 Å². The van der Waals surface area contributed by atoms with E-state index in [2.05, 4.69) is 12.2 Å². The summed E-state index contributed by atoms with van der Waals surface area (Å²) in [5, 5.41) is 3.36. The molecule has 1 fully saturated rings. The first-order chi connectivity index (χ1) is 7.31. The van der Waals surface area contributed by atoms with Crippen molar-refractivity contribution in [3.63, 3.8) is 0 Å². The van der Waals surface area contributed by atoms with Crippen molar-refractivity contribution >= 4 is 0 Å². The SMILES string of the molecule is CNC(C1=COCCC1)C1CCC(C)O1. The maximum absolute atomic E-state index is 5.91. The van der Waals surface area contributed by atoms with Gasteiger partial charge in [-0.2, -0.15) is 0 Å². The number of nitrogens with one attached hydrogen (secondary N) is 1. The van der Waals surface area contributed by atoms with Crippen molar-refractivity contribution in [2.75, 3.05) is 13.7 Å². The van der Waals surface area contributed by atoms with Crippen LogP contribution in [0.3, 0.4) is 0 Å². The lowest BCUT2D eigenvalue weighted by Crippen LogP contribution is -2.40. The molecule has 2 rings (SSSR count).